The van der Waals surface area contributed by atoms with Crippen LogP contribution in [0.4, 0.5) is 14.5 Å². The second-order valence-electron chi connectivity index (χ2n) is 4.57. The molecule has 2 rings (SSSR count). The molecule has 21 heavy (non-hydrogen) atoms. The first-order chi connectivity index (χ1) is 9.54. The molecule has 1 unspecified atom stereocenters. The van der Waals surface area contributed by atoms with Crippen LogP contribution in [0.5, 0.6) is 5.75 Å². The Bertz CT molecular complexity index is 483. The number of amides is 1. The van der Waals surface area contributed by atoms with Crippen molar-refractivity contribution in [1.82, 2.24) is 5.32 Å². The number of alkyl halides is 2. The summed E-state index contributed by atoms with van der Waals surface area (Å²) in [5.74, 6) is -0.250. The van der Waals surface area contributed by atoms with Gasteiger partial charge in [0, 0.05) is 18.2 Å². The summed E-state index contributed by atoms with van der Waals surface area (Å²) in [6.45, 7) is -2.00. The molecule has 0 aliphatic carbocycles. The summed E-state index contributed by atoms with van der Waals surface area (Å²) in [7, 11) is 0. The minimum Gasteiger partial charge on any atom is -0.433 e. The average molecular weight is 341 g/mol. The molecule has 1 heterocycles. The lowest BCUT2D eigenvalue weighted by Gasteiger charge is -2.12. The minimum absolute atomic E-state index is 0. The molecule has 1 fully saturated rings. The fraction of sp³-hybridized carbons (Fsp3) is 0.462. The second-order valence-corrected chi connectivity index (χ2v) is 4.98. The summed E-state index contributed by atoms with van der Waals surface area (Å²) in [6, 6.07) is 4.37. The standard InChI is InChI=1S/C13H15ClF2N2O2.ClH/c14-10-6-9(3-4-11(10)20-13(15)16)18-12(19)7-8-2-1-5-17-8;/h3-4,6,8,13,17H,1-2,5,7H2,(H,18,19);1H. The fourth-order valence-electron chi connectivity index (χ4n) is 2.14. The van der Waals surface area contributed by atoms with Crippen molar-refractivity contribution in [3.8, 4) is 5.75 Å². The van der Waals surface area contributed by atoms with Gasteiger partial charge in [0.15, 0.2) is 0 Å². The Morgan fingerprint density at radius 2 is 2.29 bits per heavy atom. The van der Waals surface area contributed by atoms with E-state index in [2.05, 4.69) is 15.4 Å². The van der Waals surface area contributed by atoms with Crippen molar-refractivity contribution in [3.63, 3.8) is 0 Å². The summed E-state index contributed by atoms with van der Waals surface area (Å²) in [4.78, 5) is 11.8. The van der Waals surface area contributed by atoms with E-state index < -0.39 is 6.61 Å². The van der Waals surface area contributed by atoms with Gasteiger partial charge in [-0.1, -0.05) is 11.6 Å². The van der Waals surface area contributed by atoms with Crippen molar-refractivity contribution in [2.75, 3.05) is 11.9 Å². The molecule has 0 saturated carbocycles. The minimum atomic E-state index is -2.93. The van der Waals surface area contributed by atoms with Crippen molar-refractivity contribution in [1.29, 1.82) is 0 Å². The van der Waals surface area contributed by atoms with E-state index in [0.717, 1.165) is 19.4 Å². The van der Waals surface area contributed by atoms with Crippen LogP contribution in [0.1, 0.15) is 19.3 Å². The van der Waals surface area contributed by atoms with Gasteiger partial charge in [-0.3, -0.25) is 4.79 Å². The highest BCUT2D eigenvalue weighted by molar-refractivity contribution is 6.32. The second kappa shape index (κ2) is 8.36. The molecular formula is C13H16Cl2F2N2O2. The molecule has 1 aromatic rings. The van der Waals surface area contributed by atoms with Crippen molar-refractivity contribution in [2.24, 2.45) is 0 Å². The Hall–Kier alpha value is -1.11. The molecule has 0 aromatic heterocycles. The molecule has 1 aromatic carbocycles. The zero-order valence-corrected chi connectivity index (χ0v) is 12.6. The first-order valence-corrected chi connectivity index (χ1v) is 6.70. The van der Waals surface area contributed by atoms with E-state index in [1.54, 1.807) is 0 Å². The molecule has 1 aliphatic heterocycles. The van der Waals surface area contributed by atoms with E-state index in [-0.39, 0.29) is 35.1 Å². The molecule has 0 radical (unpaired) electrons. The molecule has 0 spiro atoms. The van der Waals surface area contributed by atoms with E-state index in [1.807, 2.05) is 0 Å². The van der Waals surface area contributed by atoms with Crippen molar-refractivity contribution in [3.05, 3.63) is 23.2 Å². The van der Waals surface area contributed by atoms with Crippen LogP contribution in [0.2, 0.25) is 5.02 Å². The summed E-state index contributed by atoms with van der Waals surface area (Å²) in [5, 5.41) is 5.94. The highest BCUT2D eigenvalue weighted by atomic mass is 35.5. The number of carbonyl (C=O) groups is 1. The lowest BCUT2D eigenvalue weighted by atomic mass is 10.1. The van der Waals surface area contributed by atoms with Crippen LogP contribution in [0, 0.1) is 0 Å². The van der Waals surface area contributed by atoms with E-state index in [9.17, 15) is 13.6 Å². The smallest absolute Gasteiger partial charge is 0.387 e. The van der Waals surface area contributed by atoms with Gasteiger partial charge in [0.05, 0.1) is 5.02 Å². The lowest BCUT2D eigenvalue weighted by Crippen LogP contribution is -2.27. The van der Waals surface area contributed by atoms with Gasteiger partial charge in [0.25, 0.3) is 0 Å². The number of benzene rings is 1. The van der Waals surface area contributed by atoms with E-state index in [1.165, 1.54) is 18.2 Å². The van der Waals surface area contributed by atoms with Crippen molar-refractivity contribution >= 4 is 35.6 Å². The van der Waals surface area contributed by atoms with Gasteiger partial charge < -0.3 is 15.4 Å². The Labute approximate surface area is 132 Å². The van der Waals surface area contributed by atoms with Gasteiger partial charge >= 0.3 is 6.61 Å². The van der Waals surface area contributed by atoms with Gasteiger partial charge in [0.2, 0.25) is 5.91 Å². The van der Waals surface area contributed by atoms with Gasteiger partial charge in [-0.2, -0.15) is 8.78 Å². The highest BCUT2D eigenvalue weighted by Crippen LogP contribution is 2.29. The third kappa shape index (κ3) is 5.65. The fourth-order valence-corrected chi connectivity index (χ4v) is 2.36. The zero-order chi connectivity index (χ0) is 14.5. The monoisotopic (exact) mass is 340 g/mol. The van der Waals surface area contributed by atoms with Crippen LogP contribution >= 0.6 is 24.0 Å². The van der Waals surface area contributed by atoms with Crippen LogP contribution in [-0.2, 0) is 4.79 Å². The van der Waals surface area contributed by atoms with E-state index in [0.29, 0.717) is 12.1 Å². The number of anilines is 1. The lowest BCUT2D eigenvalue weighted by molar-refractivity contribution is -0.116. The quantitative estimate of drug-likeness (QED) is 0.863. The van der Waals surface area contributed by atoms with Gasteiger partial charge in [0.1, 0.15) is 5.75 Å². The summed E-state index contributed by atoms with van der Waals surface area (Å²) in [5.41, 5.74) is 0.458. The van der Waals surface area contributed by atoms with E-state index in [4.69, 9.17) is 11.6 Å². The molecule has 0 bridgehead atoms. The summed E-state index contributed by atoms with van der Waals surface area (Å²) in [6.07, 6.45) is 2.44. The van der Waals surface area contributed by atoms with Crippen LogP contribution in [-0.4, -0.2) is 25.1 Å². The van der Waals surface area contributed by atoms with Gasteiger partial charge in [-0.05, 0) is 37.6 Å². The van der Waals surface area contributed by atoms with Crippen molar-refractivity contribution < 1.29 is 18.3 Å². The predicted octanol–water partition coefficient (Wildman–Crippen LogP) is 3.44. The van der Waals surface area contributed by atoms with E-state index >= 15 is 0 Å². The topological polar surface area (TPSA) is 50.4 Å². The number of ether oxygens (including phenoxy) is 1. The van der Waals surface area contributed by atoms with Gasteiger partial charge in [-0.15, -0.1) is 12.4 Å². The number of rotatable bonds is 5. The maximum Gasteiger partial charge on any atom is 0.387 e. The van der Waals surface area contributed by atoms with Crippen LogP contribution in [0.3, 0.4) is 0 Å². The normalized spacial score (nSPS) is 17.4. The first-order valence-electron chi connectivity index (χ1n) is 6.32. The van der Waals surface area contributed by atoms with Gasteiger partial charge in [-0.25, -0.2) is 0 Å². The maximum absolute atomic E-state index is 12.1. The Morgan fingerprint density at radius 3 is 2.86 bits per heavy atom. The molecule has 4 nitrogen and oxygen atoms in total. The molecule has 2 N–H and O–H groups in total. The molecule has 1 atom stereocenters. The number of nitrogens with one attached hydrogen (secondary N) is 2. The summed E-state index contributed by atoms with van der Waals surface area (Å²) >= 11 is 5.81. The molecule has 8 heteroatoms. The molecule has 118 valence electrons. The Morgan fingerprint density at radius 1 is 1.52 bits per heavy atom. The molecular weight excluding hydrogens is 325 g/mol. The summed E-state index contributed by atoms with van der Waals surface area (Å²) < 4.78 is 28.4. The Kier molecular flexibility index (Phi) is 7.14. The number of carbonyl (C=O) groups excluding carboxylic acids is 1. The largest absolute Gasteiger partial charge is 0.433 e. The first kappa shape index (κ1) is 17.9. The molecule has 1 aliphatic rings. The molecule has 1 amide bonds. The highest BCUT2D eigenvalue weighted by Gasteiger charge is 2.18. The van der Waals surface area contributed by atoms with Crippen LogP contribution < -0.4 is 15.4 Å². The van der Waals surface area contributed by atoms with Crippen LogP contribution in [0.15, 0.2) is 18.2 Å². The predicted molar refractivity (Wildman–Crippen MR) is 79.6 cm³/mol. The third-order valence-electron chi connectivity index (χ3n) is 3.03. The maximum atomic E-state index is 12.1. The zero-order valence-electron chi connectivity index (χ0n) is 11.1. The van der Waals surface area contributed by atoms with Crippen molar-refractivity contribution in [2.45, 2.75) is 31.9 Å². The number of hydrogen-bond acceptors (Lipinski definition) is 3. The SMILES string of the molecule is Cl.O=C(CC1CCCN1)Nc1ccc(OC(F)F)c(Cl)c1. The van der Waals surface area contributed by atoms with Crippen LogP contribution in [0.25, 0.3) is 0 Å². The number of halogens is 4. The average Bonchev–Trinajstić information content (AvgIpc) is 2.85. The number of hydrogen-bond donors (Lipinski definition) is 2. The Balaban J connectivity index is 0.00000220. The third-order valence-corrected chi connectivity index (χ3v) is 3.32. The molecule has 1 saturated heterocycles.